The fourth-order valence-electron chi connectivity index (χ4n) is 1.59. The maximum atomic E-state index is 12.2. The Morgan fingerprint density at radius 3 is 2.61 bits per heavy atom. The highest BCUT2D eigenvalue weighted by Gasteiger charge is 2.15. The molecule has 0 N–H and O–H groups in total. The summed E-state index contributed by atoms with van der Waals surface area (Å²) < 4.78 is 0. The van der Waals surface area contributed by atoms with Gasteiger partial charge in [0.1, 0.15) is 10.8 Å². The molecule has 100 valence electrons. The van der Waals surface area contributed by atoms with E-state index in [0.717, 1.165) is 13.0 Å². The van der Waals surface area contributed by atoms with Crippen LogP contribution in [-0.4, -0.2) is 59.4 Å². The van der Waals surface area contributed by atoms with Crippen LogP contribution in [0.15, 0.2) is 12.4 Å². The van der Waals surface area contributed by atoms with Gasteiger partial charge in [-0.15, -0.1) is 0 Å². The van der Waals surface area contributed by atoms with Crippen LogP contribution in [0.25, 0.3) is 0 Å². The van der Waals surface area contributed by atoms with Gasteiger partial charge in [-0.2, -0.15) is 0 Å². The van der Waals surface area contributed by atoms with Crippen LogP contribution >= 0.6 is 11.6 Å². The molecule has 0 bridgehead atoms. The summed E-state index contributed by atoms with van der Waals surface area (Å²) >= 11 is 5.73. The molecule has 0 radical (unpaired) electrons. The lowest BCUT2D eigenvalue weighted by atomic mass is 10.3. The summed E-state index contributed by atoms with van der Waals surface area (Å²) in [5.74, 6) is -0.119. The Kier molecular flexibility index (Phi) is 6.01. The lowest BCUT2D eigenvalue weighted by Gasteiger charge is -2.21. The van der Waals surface area contributed by atoms with E-state index in [1.807, 2.05) is 21.0 Å². The van der Waals surface area contributed by atoms with Gasteiger partial charge < -0.3 is 9.80 Å². The lowest BCUT2D eigenvalue weighted by molar-refractivity contribution is 0.0753. The minimum Gasteiger partial charge on any atom is -0.337 e. The molecule has 1 aromatic rings. The van der Waals surface area contributed by atoms with E-state index in [0.29, 0.717) is 18.8 Å². The number of hydrogen-bond donors (Lipinski definition) is 0. The number of hydrogen-bond acceptors (Lipinski definition) is 4. The first-order valence-corrected chi connectivity index (χ1v) is 6.34. The van der Waals surface area contributed by atoms with Gasteiger partial charge in [-0.05, 0) is 34.0 Å². The minimum absolute atomic E-state index is 0.119. The van der Waals surface area contributed by atoms with Crippen LogP contribution in [0.5, 0.6) is 0 Å². The minimum atomic E-state index is -0.119. The summed E-state index contributed by atoms with van der Waals surface area (Å²) in [5, 5.41) is 0.241. The Morgan fingerprint density at radius 2 is 2.06 bits per heavy atom. The molecule has 0 aromatic carbocycles. The summed E-state index contributed by atoms with van der Waals surface area (Å²) in [6, 6.07) is 0. The number of aromatic nitrogens is 2. The number of rotatable bonds is 6. The van der Waals surface area contributed by atoms with Crippen LogP contribution in [0.3, 0.4) is 0 Å². The van der Waals surface area contributed by atoms with E-state index in [9.17, 15) is 4.79 Å². The van der Waals surface area contributed by atoms with Gasteiger partial charge in [0.05, 0.1) is 12.4 Å². The Bertz CT molecular complexity index is 397. The van der Waals surface area contributed by atoms with E-state index in [-0.39, 0.29) is 11.1 Å². The second-order valence-corrected chi connectivity index (χ2v) is 4.66. The van der Waals surface area contributed by atoms with Crippen molar-refractivity contribution in [2.24, 2.45) is 0 Å². The highest BCUT2D eigenvalue weighted by Crippen LogP contribution is 2.06. The van der Waals surface area contributed by atoms with Gasteiger partial charge in [0, 0.05) is 13.1 Å². The van der Waals surface area contributed by atoms with E-state index >= 15 is 0 Å². The van der Waals surface area contributed by atoms with Gasteiger partial charge in [-0.25, -0.2) is 4.98 Å². The Hall–Kier alpha value is -1.20. The van der Waals surface area contributed by atoms with Gasteiger partial charge in [0.15, 0.2) is 0 Å². The zero-order valence-corrected chi connectivity index (χ0v) is 11.8. The molecule has 1 amide bonds. The topological polar surface area (TPSA) is 49.3 Å². The summed E-state index contributed by atoms with van der Waals surface area (Å²) in [6.45, 7) is 4.26. The molecule has 1 rings (SSSR count). The molecule has 0 atom stereocenters. The van der Waals surface area contributed by atoms with Crippen LogP contribution < -0.4 is 0 Å². The molecule has 0 aliphatic carbocycles. The fourth-order valence-corrected chi connectivity index (χ4v) is 1.74. The van der Waals surface area contributed by atoms with Crippen molar-refractivity contribution in [1.82, 2.24) is 19.8 Å². The molecule has 0 aliphatic heterocycles. The molecule has 1 aromatic heterocycles. The van der Waals surface area contributed by atoms with Crippen LogP contribution in [0.1, 0.15) is 23.8 Å². The largest absolute Gasteiger partial charge is 0.337 e. The van der Waals surface area contributed by atoms with E-state index in [4.69, 9.17) is 11.6 Å². The smallest absolute Gasteiger partial charge is 0.274 e. The first-order valence-electron chi connectivity index (χ1n) is 5.96. The molecule has 18 heavy (non-hydrogen) atoms. The van der Waals surface area contributed by atoms with Crippen LogP contribution in [-0.2, 0) is 0 Å². The first-order chi connectivity index (χ1) is 8.54. The van der Waals surface area contributed by atoms with Gasteiger partial charge in [-0.1, -0.05) is 11.6 Å². The number of amides is 1. The maximum Gasteiger partial charge on any atom is 0.274 e. The van der Waals surface area contributed by atoms with Crippen molar-refractivity contribution in [3.63, 3.8) is 0 Å². The van der Waals surface area contributed by atoms with Crippen molar-refractivity contribution in [1.29, 1.82) is 0 Å². The summed E-state index contributed by atoms with van der Waals surface area (Å²) in [7, 11) is 4.03. The number of carbonyl (C=O) groups is 1. The predicted octanol–water partition coefficient (Wildman–Crippen LogP) is 1.54. The molecule has 6 heteroatoms. The zero-order valence-electron chi connectivity index (χ0n) is 11.1. The van der Waals surface area contributed by atoms with Crippen LogP contribution in [0, 0.1) is 0 Å². The highest BCUT2D eigenvalue weighted by atomic mass is 35.5. The van der Waals surface area contributed by atoms with E-state index in [2.05, 4.69) is 14.9 Å². The number of carbonyl (C=O) groups excluding carboxylic acids is 1. The molecule has 5 nitrogen and oxygen atoms in total. The summed E-state index contributed by atoms with van der Waals surface area (Å²) in [6.07, 6.45) is 3.80. The molecule has 0 saturated heterocycles. The normalized spacial score (nSPS) is 10.7. The summed E-state index contributed by atoms with van der Waals surface area (Å²) in [4.78, 5) is 23.9. The standard InChI is InChI=1S/C12H19ClN4O/c1-4-17(7-5-6-16(2)3)12(18)10-8-14-9-11(13)15-10/h8-9H,4-7H2,1-3H3. The fraction of sp³-hybridized carbons (Fsp3) is 0.583. The summed E-state index contributed by atoms with van der Waals surface area (Å²) in [5.41, 5.74) is 0.300. The van der Waals surface area contributed by atoms with Crippen molar-refractivity contribution >= 4 is 17.5 Å². The molecular formula is C12H19ClN4O. The van der Waals surface area contributed by atoms with Crippen molar-refractivity contribution in [3.8, 4) is 0 Å². The van der Waals surface area contributed by atoms with Crippen LogP contribution in [0.2, 0.25) is 5.15 Å². The van der Waals surface area contributed by atoms with Crippen LogP contribution in [0.4, 0.5) is 0 Å². The quantitative estimate of drug-likeness (QED) is 0.787. The molecular weight excluding hydrogens is 252 g/mol. The highest BCUT2D eigenvalue weighted by molar-refractivity contribution is 6.29. The van der Waals surface area contributed by atoms with E-state index in [1.165, 1.54) is 12.4 Å². The third-order valence-corrected chi connectivity index (χ3v) is 2.71. The third-order valence-electron chi connectivity index (χ3n) is 2.53. The molecule has 0 fully saturated rings. The average Bonchev–Trinajstić information content (AvgIpc) is 2.33. The van der Waals surface area contributed by atoms with Gasteiger partial charge in [0.25, 0.3) is 5.91 Å². The monoisotopic (exact) mass is 270 g/mol. The molecule has 1 heterocycles. The van der Waals surface area contributed by atoms with Crippen molar-refractivity contribution < 1.29 is 4.79 Å². The zero-order chi connectivity index (χ0) is 13.5. The van der Waals surface area contributed by atoms with Gasteiger partial charge >= 0.3 is 0 Å². The maximum absolute atomic E-state index is 12.2. The van der Waals surface area contributed by atoms with Crippen molar-refractivity contribution in [2.45, 2.75) is 13.3 Å². The van der Waals surface area contributed by atoms with E-state index < -0.39 is 0 Å². The molecule has 0 unspecified atom stereocenters. The van der Waals surface area contributed by atoms with Gasteiger partial charge in [0.2, 0.25) is 0 Å². The van der Waals surface area contributed by atoms with Gasteiger partial charge in [-0.3, -0.25) is 9.78 Å². The lowest BCUT2D eigenvalue weighted by Crippen LogP contribution is -2.33. The molecule has 0 spiro atoms. The first kappa shape index (κ1) is 14.9. The SMILES string of the molecule is CCN(CCCN(C)C)C(=O)c1cncc(Cl)n1. The Morgan fingerprint density at radius 1 is 1.33 bits per heavy atom. The third kappa shape index (κ3) is 4.58. The van der Waals surface area contributed by atoms with E-state index in [1.54, 1.807) is 4.90 Å². The van der Waals surface area contributed by atoms with Crippen molar-refractivity contribution in [3.05, 3.63) is 23.2 Å². The van der Waals surface area contributed by atoms with Crippen molar-refractivity contribution in [2.75, 3.05) is 33.7 Å². The predicted molar refractivity (Wildman–Crippen MR) is 71.8 cm³/mol. The molecule has 0 aliphatic rings. The number of nitrogens with zero attached hydrogens (tertiary/aromatic N) is 4. The second-order valence-electron chi connectivity index (χ2n) is 4.27. The second kappa shape index (κ2) is 7.28. The Labute approximate surface area is 113 Å². The Balaban J connectivity index is 2.62. The number of halogens is 1. The molecule has 0 saturated carbocycles. The average molecular weight is 271 g/mol.